The van der Waals surface area contributed by atoms with Gasteiger partial charge in [0.2, 0.25) is 0 Å². The molecule has 0 aliphatic heterocycles. The summed E-state index contributed by atoms with van der Waals surface area (Å²) in [6.07, 6.45) is 6.31. The molecule has 1 N–H and O–H groups in total. The fraction of sp³-hybridized carbons (Fsp3) is 0.286. The van der Waals surface area contributed by atoms with Crippen LogP contribution in [0.15, 0.2) is 12.5 Å². The van der Waals surface area contributed by atoms with Crippen molar-refractivity contribution in [1.82, 2.24) is 8.96 Å². The first kappa shape index (κ1) is 9.61. The highest BCUT2D eigenvalue weighted by molar-refractivity contribution is 8.33. The van der Waals surface area contributed by atoms with Crippen LogP contribution in [0, 0.1) is 6.57 Å². The summed E-state index contributed by atoms with van der Waals surface area (Å²) in [6, 6.07) is 0. The highest BCUT2D eigenvalue weighted by atomic mass is 32.3. The summed E-state index contributed by atoms with van der Waals surface area (Å²) in [6.45, 7) is 6.93. The highest BCUT2D eigenvalue weighted by Crippen LogP contribution is 2.42. The normalized spacial score (nSPS) is 12.1. The summed E-state index contributed by atoms with van der Waals surface area (Å²) >= 11 is 0. The lowest BCUT2D eigenvalue weighted by Crippen LogP contribution is -2.00. The number of hydrogen-bond acceptors (Lipinski definition) is 2. The number of carboxylic acid groups (broad SMARTS) is 1. The quantitative estimate of drug-likeness (QED) is 0.729. The van der Waals surface area contributed by atoms with Crippen LogP contribution in [-0.4, -0.2) is 32.5 Å². The van der Waals surface area contributed by atoms with E-state index in [0.717, 1.165) is 0 Å². The Kier molecular flexibility index (Phi) is 2.30. The first-order valence-electron chi connectivity index (χ1n) is 3.37. The van der Waals surface area contributed by atoms with E-state index in [0.29, 0.717) is 0 Å². The molecule has 0 fully saturated rings. The fourth-order valence-corrected chi connectivity index (χ4v) is 1.44. The van der Waals surface area contributed by atoms with Crippen LogP contribution in [0.2, 0.25) is 0 Å². The molecule has 0 atom stereocenters. The van der Waals surface area contributed by atoms with Crippen LogP contribution in [0.4, 0.5) is 0 Å². The maximum atomic E-state index is 10.5. The van der Waals surface area contributed by atoms with Gasteiger partial charge in [0, 0.05) is 0 Å². The monoisotopic (exact) mass is 199 g/mol. The zero-order valence-electron chi connectivity index (χ0n) is 7.26. The minimum atomic E-state index is -1.63. The van der Waals surface area contributed by atoms with E-state index in [1.807, 2.05) is 0 Å². The number of rotatable bonds is 2. The van der Waals surface area contributed by atoms with E-state index < -0.39 is 16.4 Å². The van der Waals surface area contributed by atoms with E-state index in [-0.39, 0.29) is 5.69 Å². The van der Waals surface area contributed by atoms with Gasteiger partial charge in [-0.15, -0.1) is 0 Å². The Hall–Kier alpha value is -1.48. The Morgan fingerprint density at radius 1 is 1.77 bits per heavy atom. The standard InChI is InChI=1S/C7H9N3O2S/c1-8-13(2,3)10-4-6(7(11)12)9-5-10/h4-5H,2-3H3,(H,11,12). The number of carbonyl (C=O) groups is 1. The van der Waals surface area contributed by atoms with Crippen LogP contribution in [0.5, 0.6) is 0 Å². The second kappa shape index (κ2) is 3.11. The summed E-state index contributed by atoms with van der Waals surface area (Å²) in [5.41, 5.74) is -0.0239. The molecule has 6 heteroatoms. The van der Waals surface area contributed by atoms with Crippen molar-refractivity contribution in [3.63, 3.8) is 0 Å². The Bertz CT molecular complexity index is 377. The molecule has 5 nitrogen and oxygen atoms in total. The molecule has 0 saturated carbocycles. The average molecular weight is 199 g/mol. The average Bonchev–Trinajstić information content (AvgIpc) is 2.52. The molecule has 0 aliphatic carbocycles. The molecular weight excluding hydrogens is 190 g/mol. The van der Waals surface area contributed by atoms with Crippen LogP contribution in [0.1, 0.15) is 10.5 Å². The molecule has 0 aromatic carbocycles. The van der Waals surface area contributed by atoms with Crippen molar-refractivity contribution in [2.45, 2.75) is 0 Å². The van der Waals surface area contributed by atoms with Gasteiger partial charge in [0.05, 0.1) is 18.7 Å². The van der Waals surface area contributed by atoms with Gasteiger partial charge < -0.3 is 5.11 Å². The van der Waals surface area contributed by atoms with Gasteiger partial charge in [0.15, 0.2) is 5.69 Å². The molecule has 0 spiro atoms. The topological polar surface area (TPSA) is 59.5 Å². The maximum absolute atomic E-state index is 10.5. The largest absolute Gasteiger partial charge is 0.476 e. The number of hydrogen-bond donors (Lipinski definition) is 1. The van der Waals surface area contributed by atoms with Crippen molar-refractivity contribution >= 4 is 16.4 Å². The third kappa shape index (κ3) is 1.81. The zero-order chi connectivity index (χ0) is 10.1. The molecule has 1 rings (SSSR count). The summed E-state index contributed by atoms with van der Waals surface area (Å²) in [7, 11) is -1.63. The van der Waals surface area contributed by atoms with Crippen molar-refractivity contribution in [3.05, 3.63) is 29.0 Å². The van der Waals surface area contributed by atoms with E-state index in [2.05, 4.69) is 9.23 Å². The number of carboxylic acids is 1. The van der Waals surface area contributed by atoms with E-state index in [9.17, 15) is 4.79 Å². The first-order valence-corrected chi connectivity index (χ1v) is 5.73. The summed E-state index contributed by atoms with van der Waals surface area (Å²) in [5.74, 6) is -1.07. The zero-order valence-corrected chi connectivity index (χ0v) is 8.08. The molecule has 1 heterocycles. The summed E-state index contributed by atoms with van der Waals surface area (Å²) in [5, 5.41) is 8.59. The molecule has 0 amide bonds. The second-order valence-corrected chi connectivity index (χ2v) is 5.78. The fourth-order valence-electron chi connectivity index (χ4n) is 0.708. The van der Waals surface area contributed by atoms with Gasteiger partial charge in [0.25, 0.3) is 0 Å². The predicted molar refractivity (Wildman–Crippen MR) is 50.6 cm³/mol. The molecule has 0 saturated heterocycles. The lowest BCUT2D eigenvalue weighted by atomic mass is 10.5. The Labute approximate surface area is 77.4 Å². The molecule has 13 heavy (non-hydrogen) atoms. The predicted octanol–water partition coefficient (Wildman–Crippen LogP) is 1.24. The van der Waals surface area contributed by atoms with Gasteiger partial charge in [-0.1, -0.05) is 0 Å². The number of aromatic nitrogens is 2. The van der Waals surface area contributed by atoms with Crippen LogP contribution in [-0.2, 0) is 0 Å². The molecule has 0 radical (unpaired) electrons. The van der Waals surface area contributed by atoms with Crippen LogP contribution in [0.3, 0.4) is 0 Å². The molecule has 1 aromatic rings. The van der Waals surface area contributed by atoms with Gasteiger partial charge in [-0.25, -0.2) is 24.6 Å². The molecule has 0 aliphatic rings. The SMILES string of the molecule is [C-]#[N+]S(C)(C)n1cnc(C(=O)O)c1. The van der Waals surface area contributed by atoms with E-state index in [1.54, 1.807) is 16.5 Å². The first-order chi connectivity index (χ1) is 5.97. The van der Waals surface area contributed by atoms with Crippen molar-refractivity contribution in [1.29, 1.82) is 0 Å². The van der Waals surface area contributed by atoms with Gasteiger partial charge in [-0.3, -0.25) is 0 Å². The maximum Gasteiger partial charge on any atom is 0.356 e. The number of nitrogens with zero attached hydrogens (tertiary/aromatic N) is 3. The van der Waals surface area contributed by atoms with Crippen LogP contribution in [0.25, 0.3) is 4.25 Å². The lowest BCUT2D eigenvalue weighted by Gasteiger charge is -2.16. The van der Waals surface area contributed by atoms with Gasteiger partial charge in [-0.05, 0) is 0 Å². The number of aromatic carboxylic acids is 1. The van der Waals surface area contributed by atoms with Crippen molar-refractivity contribution in [2.24, 2.45) is 0 Å². The van der Waals surface area contributed by atoms with Crippen LogP contribution >= 0.6 is 10.4 Å². The smallest absolute Gasteiger partial charge is 0.356 e. The van der Waals surface area contributed by atoms with Crippen molar-refractivity contribution < 1.29 is 9.90 Å². The van der Waals surface area contributed by atoms with E-state index in [4.69, 9.17) is 11.7 Å². The highest BCUT2D eigenvalue weighted by Gasteiger charge is 2.20. The second-order valence-electron chi connectivity index (χ2n) is 2.74. The van der Waals surface area contributed by atoms with Crippen molar-refractivity contribution in [2.75, 3.05) is 12.5 Å². The Morgan fingerprint density at radius 2 is 2.38 bits per heavy atom. The summed E-state index contributed by atoms with van der Waals surface area (Å²) < 4.78 is 4.99. The number of imidazole rings is 1. The molecular formula is C7H9N3O2S. The third-order valence-corrected chi connectivity index (χ3v) is 3.20. The Morgan fingerprint density at radius 3 is 2.77 bits per heavy atom. The molecule has 70 valence electrons. The van der Waals surface area contributed by atoms with E-state index >= 15 is 0 Å². The third-order valence-electron chi connectivity index (χ3n) is 1.52. The minimum Gasteiger partial charge on any atom is -0.476 e. The Balaban J connectivity index is 3.07. The minimum absolute atomic E-state index is 0.0239. The summed E-state index contributed by atoms with van der Waals surface area (Å²) in [4.78, 5) is 14.2. The van der Waals surface area contributed by atoms with Crippen LogP contribution < -0.4 is 0 Å². The van der Waals surface area contributed by atoms with Crippen molar-refractivity contribution in [3.8, 4) is 0 Å². The molecule has 0 unspecified atom stereocenters. The van der Waals surface area contributed by atoms with Gasteiger partial charge in [-0.2, -0.15) is 0 Å². The molecule has 0 bridgehead atoms. The van der Waals surface area contributed by atoms with E-state index in [1.165, 1.54) is 12.5 Å². The lowest BCUT2D eigenvalue weighted by molar-refractivity contribution is 0.0691. The van der Waals surface area contributed by atoms with Gasteiger partial charge in [0.1, 0.15) is 16.7 Å². The molecule has 1 aromatic heterocycles. The van der Waals surface area contributed by atoms with Gasteiger partial charge >= 0.3 is 5.97 Å².